The number of carbonyl (C=O) groups is 1. The molecule has 1 aromatic heterocycles. The van der Waals surface area contributed by atoms with Crippen LogP contribution in [0.5, 0.6) is 0 Å². The van der Waals surface area contributed by atoms with Gasteiger partial charge in [-0.1, -0.05) is 11.3 Å². The van der Waals surface area contributed by atoms with E-state index in [1.54, 1.807) is 0 Å². The number of sulfone groups is 1. The van der Waals surface area contributed by atoms with Crippen molar-refractivity contribution < 1.29 is 18.3 Å². The first kappa shape index (κ1) is 13.1. The third-order valence-corrected chi connectivity index (χ3v) is 5.51. The van der Waals surface area contributed by atoms with Crippen molar-refractivity contribution in [2.45, 2.75) is 4.21 Å². The van der Waals surface area contributed by atoms with Gasteiger partial charge in [0.1, 0.15) is 4.21 Å². The average Bonchev–Trinajstić information content (AvgIpc) is 2.78. The first-order valence-corrected chi connectivity index (χ1v) is 7.97. The van der Waals surface area contributed by atoms with E-state index < -0.39 is 15.9 Å². The second-order valence-electron chi connectivity index (χ2n) is 3.99. The van der Waals surface area contributed by atoms with E-state index in [0.717, 1.165) is 17.6 Å². The smallest absolute Gasteiger partial charge is 0.407 e. The molecule has 2 heterocycles. The SMILES string of the molecule is CS(=O)(=O)c1cnc(N2CCN(C(=O)O)CC2)s1. The van der Waals surface area contributed by atoms with Crippen molar-refractivity contribution >= 4 is 32.4 Å². The van der Waals surface area contributed by atoms with Gasteiger partial charge in [-0.05, 0) is 0 Å². The van der Waals surface area contributed by atoms with Gasteiger partial charge in [0.05, 0.1) is 6.20 Å². The lowest BCUT2D eigenvalue weighted by atomic mass is 10.3. The lowest BCUT2D eigenvalue weighted by molar-refractivity contribution is 0.142. The minimum atomic E-state index is -3.22. The molecule has 1 aliphatic heterocycles. The van der Waals surface area contributed by atoms with Gasteiger partial charge in [0.25, 0.3) is 0 Å². The summed E-state index contributed by atoms with van der Waals surface area (Å²) in [6.07, 6.45) is 1.57. The molecule has 1 fully saturated rings. The molecule has 0 bridgehead atoms. The summed E-state index contributed by atoms with van der Waals surface area (Å²) in [4.78, 5) is 18.1. The molecule has 0 unspecified atom stereocenters. The maximum atomic E-state index is 11.3. The van der Waals surface area contributed by atoms with Crippen molar-refractivity contribution in [3.63, 3.8) is 0 Å². The Morgan fingerprint density at radius 1 is 1.39 bits per heavy atom. The van der Waals surface area contributed by atoms with Crippen LogP contribution in [0.25, 0.3) is 0 Å². The predicted molar refractivity (Wildman–Crippen MR) is 67.0 cm³/mol. The fourth-order valence-corrected chi connectivity index (χ4v) is 3.43. The molecule has 0 spiro atoms. The fraction of sp³-hybridized carbons (Fsp3) is 0.556. The topological polar surface area (TPSA) is 90.8 Å². The molecule has 9 heteroatoms. The fourth-order valence-electron chi connectivity index (χ4n) is 1.66. The van der Waals surface area contributed by atoms with E-state index in [1.807, 2.05) is 4.90 Å². The maximum absolute atomic E-state index is 11.3. The molecule has 18 heavy (non-hydrogen) atoms. The second-order valence-corrected chi connectivity index (χ2v) is 7.24. The van der Waals surface area contributed by atoms with Crippen LogP contribution in [0.4, 0.5) is 9.93 Å². The highest BCUT2D eigenvalue weighted by molar-refractivity contribution is 7.92. The standard InChI is InChI=1S/C9H13N3O4S2/c1-18(15,16)7-6-10-8(17-7)11-2-4-12(5-3-11)9(13)14/h6H,2-5H2,1H3,(H,13,14). The van der Waals surface area contributed by atoms with Crippen LogP contribution in [0.2, 0.25) is 0 Å². The Hall–Kier alpha value is -1.35. The van der Waals surface area contributed by atoms with E-state index in [4.69, 9.17) is 5.11 Å². The van der Waals surface area contributed by atoms with Gasteiger partial charge in [-0.3, -0.25) is 0 Å². The Morgan fingerprint density at radius 2 is 2.00 bits per heavy atom. The Bertz CT molecular complexity index is 546. The molecule has 0 aromatic carbocycles. The van der Waals surface area contributed by atoms with Gasteiger partial charge in [0, 0.05) is 32.4 Å². The van der Waals surface area contributed by atoms with Crippen molar-refractivity contribution in [2.24, 2.45) is 0 Å². The van der Waals surface area contributed by atoms with E-state index >= 15 is 0 Å². The quantitative estimate of drug-likeness (QED) is 0.845. The number of carboxylic acid groups (broad SMARTS) is 1. The van der Waals surface area contributed by atoms with Gasteiger partial charge in [-0.25, -0.2) is 18.2 Å². The zero-order valence-corrected chi connectivity index (χ0v) is 11.4. The molecule has 7 nitrogen and oxygen atoms in total. The lowest BCUT2D eigenvalue weighted by Crippen LogP contribution is -2.48. The summed E-state index contributed by atoms with van der Waals surface area (Å²) in [7, 11) is -3.22. The summed E-state index contributed by atoms with van der Waals surface area (Å²) in [5.74, 6) is 0. The summed E-state index contributed by atoms with van der Waals surface area (Å²) in [5.41, 5.74) is 0. The minimum Gasteiger partial charge on any atom is -0.465 e. The maximum Gasteiger partial charge on any atom is 0.407 e. The second kappa shape index (κ2) is 4.73. The zero-order valence-electron chi connectivity index (χ0n) is 9.74. The molecule has 2 rings (SSSR count). The summed E-state index contributed by atoms with van der Waals surface area (Å²) in [6, 6.07) is 0. The molecular formula is C9H13N3O4S2. The van der Waals surface area contributed by atoms with Crippen molar-refractivity contribution in [1.29, 1.82) is 0 Å². The number of hydrogen-bond donors (Lipinski definition) is 1. The zero-order chi connectivity index (χ0) is 13.3. The van der Waals surface area contributed by atoms with Crippen molar-refractivity contribution in [3.8, 4) is 0 Å². The van der Waals surface area contributed by atoms with Gasteiger partial charge < -0.3 is 14.9 Å². The molecule has 1 amide bonds. The van der Waals surface area contributed by atoms with Crippen molar-refractivity contribution in [2.75, 3.05) is 37.3 Å². The van der Waals surface area contributed by atoms with Crippen LogP contribution in [-0.4, -0.2) is 61.9 Å². The molecule has 0 saturated carbocycles. The first-order chi connectivity index (χ1) is 8.38. The molecule has 1 aliphatic rings. The van der Waals surface area contributed by atoms with Crippen LogP contribution in [0.3, 0.4) is 0 Å². The van der Waals surface area contributed by atoms with E-state index in [9.17, 15) is 13.2 Å². The van der Waals surface area contributed by atoms with E-state index in [1.165, 1.54) is 11.1 Å². The number of piperazine rings is 1. The van der Waals surface area contributed by atoms with Crippen LogP contribution >= 0.6 is 11.3 Å². The molecule has 1 saturated heterocycles. The van der Waals surface area contributed by atoms with Crippen LogP contribution in [0, 0.1) is 0 Å². The highest BCUT2D eigenvalue weighted by Crippen LogP contribution is 2.26. The van der Waals surface area contributed by atoms with E-state index in [0.29, 0.717) is 31.3 Å². The predicted octanol–water partition coefficient (Wildman–Crippen LogP) is 0.347. The number of anilines is 1. The summed E-state index contributed by atoms with van der Waals surface area (Å²) >= 11 is 1.12. The number of nitrogens with zero attached hydrogens (tertiary/aromatic N) is 3. The minimum absolute atomic E-state index is 0.234. The summed E-state index contributed by atoms with van der Waals surface area (Å²) in [6.45, 7) is 1.87. The molecule has 100 valence electrons. The van der Waals surface area contributed by atoms with Crippen LogP contribution < -0.4 is 4.90 Å². The number of hydrogen-bond acceptors (Lipinski definition) is 6. The number of thiazole rings is 1. The van der Waals surface area contributed by atoms with Gasteiger partial charge in [-0.2, -0.15) is 0 Å². The molecule has 1 N–H and O–H groups in total. The first-order valence-electron chi connectivity index (χ1n) is 5.26. The summed E-state index contributed by atoms with van der Waals surface area (Å²) in [5, 5.41) is 9.45. The Balaban J connectivity index is 2.06. The van der Waals surface area contributed by atoms with Crippen LogP contribution in [-0.2, 0) is 9.84 Å². The van der Waals surface area contributed by atoms with Crippen molar-refractivity contribution in [1.82, 2.24) is 9.88 Å². The van der Waals surface area contributed by atoms with Crippen molar-refractivity contribution in [3.05, 3.63) is 6.20 Å². The average molecular weight is 291 g/mol. The number of rotatable bonds is 2. The third-order valence-electron chi connectivity index (χ3n) is 2.66. The number of aromatic nitrogens is 1. The number of amides is 1. The molecule has 0 atom stereocenters. The van der Waals surface area contributed by atoms with Gasteiger partial charge in [0.2, 0.25) is 0 Å². The lowest BCUT2D eigenvalue weighted by Gasteiger charge is -2.32. The summed E-state index contributed by atoms with van der Waals surface area (Å²) < 4.78 is 22.9. The Labute approximate surface area is 109 Å². The highest BCUT2D eigenvalue weighted by atomic mass is 32.2. The van der Waals surface area contributed by atoms with Gasteiger partial charge in [0.15, 0.2) is 15.0 Å². The molecular weight excluding hydrogens is 278 g/mol. The molecule has 0 aliphatic carbocycles. The van der Waals surface area contributed by atoms with Crippen LogP contribution in [0.1, 0.15) is 0 Å². The normalized spacial score (nSPS) is 16.9. The van der Waals surface area contributed by atoms with Crippen LogP contribution in [0.15, 0.2) is 10.4 Å². The molecule has 1 aromatic rings. The van der Waals surface area contributed by atoms with E-state index in [-0.39, 0.29) is 4.21 Å². The van der Waals surface area contributed by atoms with E-state index in [2.05, 4.69) is 4.98 Å². The monoisotopic (exact) mass is 291 g/mol. The Morgan fingerprint density at radius 3 is 2.44 bits per heavy atom. The van der Waals surface area contributed by atoms with Gasteiger partial charge >= 0.3 is 6.09 Å². The molecule has 0 radical (unpaired) electrons. The third kappa shape index (κ3) is 2.72. The largest absolute Gasteiger partial charge is 0.465 e. The highest BCUT2D eigenvalue weighted by Gasteiger charge is 2.23. The van der Waals surface area contributed by atoms with Gasteiger partial charge in [-0.15, -0.1) is 0 Å². The Kier molecular flexibility index (Phi) is 3.44.